The molecule has 0 atom stereocenters. The number of ketones is 1. The highest BCUT2D eigenvalue weighted by atomic mass is 32.1. The van der Waals surface area contributed by atoms with Gasteiger partial charge in [0.1, 0.15) is 5.76 Å². The molecule has 0 spiro atoms. The van der Waals surface area contributed by atoms with Crippen molar-refractivity contribution in [1.29, 1.82) is 0 Å². The third-order valence-electron chi connectivity index (χ3n) is 4.09. The van der Waals surface area contributed by atoms with Crippen LogP contribution in [-0.4, -0.2) is 21.7 Å². The highest BCUT2D eigenvalue weighted by Gasteiger charge is 2.18. The average molecular weight is 424 g/mol. The first kappa shape index (κ1) is 19.2. The molecule has 3 aromatic heterocycles. The van der Waals surface area contributed by atoms with E-state index in [1.54, 1.807) is 0 Å². The van der Waals surface area contributed by atoms with Crippen molar-refractivity contribution in [2.24, 2.45) is 0 Å². The number of aromatic nitrogens is 2. The number of Topliss-reactive ketones (excluding diaryl/α,β-unsaturated/α-hetero) is 1. The minimum Gasteiger partial charge on any atom is -0.459 e. The molecular weight excluding hydrogens is 406 g/mol. The Morgan fingerprint density at radius 1 is 1.10 bits per heavy atom. The van der Waals surface area contributed by atoms with Crippen LogP contribution < -0.4 is 5.32 Å². The fourth-order valence-corrected chi connectivity index (χ4v) is 4.46. The molecule has 0 aliphatic heterocycles. The molecule has 1 N–H and O–H groups in total. The molecule has 0 bridgehead atoms. The van der Waals surface area contributed by atoms with Crippen molar-refractivity contribution in [2.75, 3.05) is 5.32 Å². The number of thiazole rings is 2. The lowest BCUT2D eigenvalue weighted by atomic mass is 10.1. The van der Waals surface area contributed by atoms with E-state index in [9.17, 15) is 9.59 Å². The second kappa shape index (κ2) is 8.10. The van der Waals surface area contributed by atoms with Gasteiger partial charge in [0.05, 0.1) is 22.7 Å². The van der Waals surface area contributed by atoms with E-state index in [-0.39, 0.29) is 18.1 Å². The Balaban J connectivity index is 1.49. The van der Waals surface area contributed by atoms with Gasteiger partial charge < -0.3 is 9.73 Å². The lowest BCUT2D eigenvalue weighted by Crippen LogP contribution is -2.14. The number of carbonyl (C=O) groups is 2. The maximum absolute atomic E-state index is 12.5. The summed E-state index contributed by atoms with van der Waals surface area (Å²) in [5.74, 6) is 1.19. The summed E-state index contributed by atoms with van der Waals surface area (Å²) >= 11 is 2.61. The Hall–Kier alpha value is -3.10. The van der Waals surface area contributed by atoms with E-state index in [1.165, 1.54) is 29.6 Å². The standard InChI is InChI=1S/C21H17N3O3S2/c1-12-8-9-16(27-12)20-22-15(11-28-20)10-17(26)23-21-24-18(19(29-21)13(2)25)14-6-4-3-5-7-14/h3-9,11H,10H2,1-2H3,(H,23,24,26). The monoisotopic (exact) mass is 423 g/mol. The normalized spacial score (nSPS) is 10.8. The Morgan fingerprint density at radius 2 is 1.90 bits per heavy atom. The molecule has 0 unspecified atom stereocenters. The molecule has 0 saturated carbocycles. The van der Waals surface area contributed by atoms with Crippen molar-refractivity contribution in [3.63, 3.8) is 0 Å². The van der Waals surface area contributed by atoms with Gasteiger partial charge in [0.15, 0.2) is 21.7 Å². The van der Waals surface area contributed by atoms with Crippen LogP contribution in [0, 0.1) is 6.92 Å². The van der Waals surface area contributed by atoms with Gasteiger partial charge in [0, 0.05) is 17.9 Å². The Bertz CT molecular complexity index is 1170. The smallest absolute Gasteiger partial charge is 0.232 e. The highest BCUT2D eigenvalue weighted by Crippen LogP contribution is 2.32. The van der Waals surface area contributed by atoms with Crippen LogP contribution in [0.3, 0.4) is 0 Å². The summed E-state index contributed by atoms with van der Waals surface area (Å²) in [6, 6.07) is 13.2. The predicted molar refractivity (Wildman–Crippen MR) is 114 cm³/mol. The summed E-state index contributed by atoms with van der Waals surface area (Å²) in [6.45, 7) is 3.37. The first-order chi connectivity index (χ1) is 14.0. The van der Waals surface area contributed by atoms with Crippen molar-refractivity contribution in [2.45, 2.75) is 20.3 Å². The van der Waals surface area contributed by atoms with E-state index >= 15 is 0 Å². The number of aryl methyl sites for hydroxylation is 1. The van der Waals surface area contributed by atoms with Gasteiger partial charge in [-0.05, 0) is 19.1 Å². The molecule has 4 aromatic rings. The maximum Gasteiger partial charge on any atom is 0.232 e. The molecule has 0 aliphatic carbocycles. The summed E-state index contributed by atoms with van der Waals surface area (Å²) in [4.78, 5) is 33.9. The number of nitrogens with one attached hydrogen (secondary N) is 1. The van der Waals surface area contributed by atoms with Crippen molar-refractivity contribution >= 4 is 39.5 Å². The van der Waals surface area contributed by atoms with E-state index < -0.39 is 0 Å². The van der Waals surface area contributed by atoms with Crippen molar-refractivity contribution in [3.8, 4) is 22.0 Å². The van der Waals surface area contributed by atoms with E-state index in [0.717, 1.165) is 16.3 Å². The number of hydrogen-bond donors (Lipinski definition) is 1. The number of amides is 1. The highest BCUT2D eigenvalue weighted by molar-refractivity contribution is 7.18. The van der Waals surface area contributed by atoms with Gasteiger partial charge in [-0.15, -0.1) is 11.3 Å². The molecule has 3 heterocycles. The topological polar surface area (TPSA) is 85.1 Å². The lowest BCUT2D eigenvalue weighted by Gasteiger charge is -1.99. The Labute approximate surface area is 175 Å². The summed E-state index contributed by atoms with van der Waals surface area (Å²) in [5, 5.41) is 5.76. The molecule has 29 heavy (non-hydrogen) atoms. The van der Waals surface area contributed by atoms with Crippen LogP contribution >= 0.6 is 22.7 Å². The van der Waals surface area contributed by atoms with Crippen molar-refractivity contribution < 1.29 is 14.0 Å². The average Bonchev–Trinajstić information content (AvgIpc) is 3.42. The number of nitrogens with zero attached hydrogens (tertiary/aromatic N) is 2. The lowest BCUT2D eigenvalue weighted by molar-refractivity contribution is -0.115. The second-order valence-electron chi connectivity index (χ2n) is 6.40. The molecule has 1 aromatic carbocycles. The van der Waals surface area contributed by atoms with Gasteiger partial charge in [-0.2, -0.15) is 0 Å². The molecule has 0 fully saturated rings. The van der Waals surface area contributed by atoms with E-state index in [0.29, 0.717) is 27.2 Å². The molecule has 0 saturated heterocycles. The molecule has 0 radical (unpaired) electrons. The van der Waals surface area contributed by atoms with Crippen molar-refractivity contribution in [1.82, 2.24) is 9.97 Å². The predicted octanol–water partition coefficient (Wildman–Crippen LogP) is 5.22. The van der Waals surface area contributed by atoms with Gasteiger partial charge in [-0.25, -0.2) is 9.97 Å². The molecule has 8 heteroatoms. The number of rotatable bonds is 6. The van der Waals surface area contributed by atoms with Gasteiger partial charge in [0.25, 0.3) is 0 Å². The Morgan fingerprint density at radius 3 is 2.59 bits per heavy atom. The maximum atomic E-state index is 12.5. The van der Waals surface area contributed by atoms with Crippen LogP contribution in [0.1, 0.15) is 28.0 Å². The largest absolute Gasteiger partial charge is 0.459 e. The van der Waals surface area contributed by atoms with Gasteiger partial charge in [-0.3, -0.25) is 9.59 Å². The third kappa shape index (κ3) is 4.33. The molecule has 6 nitrogen and oxygen atoms in total. The SMILES string of the molecule is CC(=O)c1sc(NC(=O)Cc2csc(-c3ccc(C)o3)n2)nc1-c1ccccc1. The zero-order valence-electron chi connectivity index (χ0n) is 15.8. The van der Waals surface area contributed by atoms with Crippen LogP contribution in [0.2, 0.25) is 0 Å². The minimum absolute atomic E-state index is 0.0836. The van der Waals surface area contributed by atoms with Crippen LogP contribution in [0.5, 0.6) is 0 Å². The fourth-order valence-electron chi connectivity index (χ4n) is 2.78. The zero-order chi connectivity index (χ0) is 20.4. The van der Waals surface area contributed by atoms with E-state index in [2.05, 4.69) is 15.3 Å². The van der Waals surface area contributed by atoms with Crippen LogP contribution in [-0.2, 0) is 11.2 Å². The summed E-state index contributed by atoms with van der Waals surface area (Å²) in [6.07, 6.45) is 0.117. The summed E-state index contributed by atoms with van der Waals surface area (Å²) in [7, 11) is 0. The number of anilines is 1. The fraction of sp³-hybridized carbons (Fsp3) is 0.143. The quantitative estimate of drug-likeness (QED) is 0.430. The molecule has 4 rings (SSSR count). The number of furan rings is 1. The van der Waals surface area contributed by atoms with Crippen molar-refractivity contribution in [3.05, 3.63) is 64.2 Å². The molecular formula is C21H17N3O3S2. The van der Waals surface area contributed by atoms with Gasteiger partial charge >= 0.3 is 0 Å². The minimum atomic E-state index is -0.235. The number of benzene rings is 1. The molecule has 1 amide bonds. The Kier molecular flexibility index (Phi) is 5.37. The van der Waals surface area contributed by atoms with Crippen LogP contribution in [0.15, 0.2) is 52.3 Å². The van der Waals surface area contributed by atoms with Gasteiger partial charge in [-0.1, -0.05) is 41.7 Å². The summed E-state index contributed by atoms with van der Waals surface area (Å²) in [5.41, 5.74) is 2.08. The number of carbonyl (C=O) groups excluding carboxylic acids is 2. The second-order valence-corrected chi connectivity index (χ2v) is 8.26. The third-order valence-corrected chi connectivity index (χ3v) is 6.06. The first-order valence-corrected chi connectivity index (χ1v) is 10.6. The van der Waals surface area contributed by atoms with Gasteiger partial charge in [0.2, 0.25) is 5.91 Å². The molecule has 0 aliphatic rings. The van der Waals surface area contributed by atoms with Crippen LogP contribution in [0.4, 0.5) is 5.13 Å². The summed E-state index contributed by atoms with van der Waals surface area (Å²) < 4.78 is 5.57. The van der Waals surface area contributed by atoms with E-state index in [4.69, 9.17) is 4.42 Å². The first-order valence-electron chi connectivity index (χ1n) is 8.88. The zero-order valence-corrected chi connectivity index (χ0v) is 17.4. The molecule has 146 valence electrons. The van der Waals surface area contributed by atoms with Crippen LogP contribution in [0.25, 0.3) is 22.0 Å². The number of hydrogen-bond acceptors (Lipinski definition) is 7. The van der Waals surface area contributed by atoms with E-state index in [1.807, 2.05) is 54.8 Å².